The van der Waals surface area contributed by atoms with Crippen LogP contribution in [0.4, 0.5) is 0 Å². The number of fused-ring (bicyclic) bond motifs is 1. The highest BCUT2D eigenvalue weighted by Crippen LogP contribution is 2.20. The molecule has 0 atom stereocenters. The van der Waals surface area contributed by atoms with Crippen LogP contribution in [0.15, 0.2) is 77.7 Å². The molecule has 0 unspecified atom stereocenters. The minimum Gasteiger partial charge on any atom is -0.484 e. The minimum atomic E-state index is -3.40. The van der Waals surface area contributed by atoms with Crippen molar-refractivity contribution in [3.63, 3.8) is 0 Å². The van der Waals surface area contributed by atoms with Gasteiger partial charge in [0.15, 0.2) is 16.4 Å². The number of sulfone groups is 1. The smallest absolute Gasteiger partial charge is 0.257 e. The number of nitrogens with one attached hydrogen (secondary N) is 1. The summed E-state index contributed by atoms with van der Waals surface area (Å²) in [6.45, 7) is -0.124. The van der Waals surface area contributed by atoms with Gasteiger partial charge in [0, 0.05) is 6.54 Å². The predicted molar refractivity (Wildman–Crippen MR) is 101 cm³/mol. The number of rotatable bonds is 7. The molecule has 26 heavy (non-hydrogen) atoms. The maximum absolute atomic E-state index is 12.1. The zero-order valence-electron chi connectivity index (χ0n) is 14.1. The van der Waals surface area contributed by atoms with E-state index in [-0.39, 0.29) is 29.7 Å². The lowest BCUT2D eigenvalue weighted by atomic mass is 10.1. The quantitative estimate of drug-likeness (QED) is 0.695. The fraction of sp³-hybridized carbons (Fsp3) is 0.150. The van der Waals surface area contributed by atoms with Crippen molar-refractivity contribution >= 4 is 26.5 Å². The zero-order chi connectivity index (χ0) is 18.4. The highest BCUT2D eigenvalue weighted by atomic mass is 32.2. The third-order valence-electron chi connectivity index (χ3n) is 3.89. The van der Waals surface area contributed by atoms with Crippen molar-refractivity contribution in [3.05, 3.63) is 72.8 Å². The lowest BCUT2D eigenvalue weighted by molar-refractivity contribution is -0.122. The van der Waals surface area contributed by atoms with E-state index in [0.717, 1.165) is 10.8 Å². The molecule has 1 N–H and O–H groups in total. The van der Waals surface area contributed by atoms with Crippen molar-refractivity contribution in [3.8, 4) is 5.75 Å². The van der Waals surface area contributed by atoms with Crippen LogP contribution in [-0.2, 0) is 14.6 Å². The second-order valence-corrected chi connectivity index (χ2v) is 7.89. The Morgan fingerprint density at radius 1 is 0.885 bits per heavy atom. The number of hydrogen-bond acceptors (Lipinski definition) is 4. The molecule has 3 aromatic rings. The van der Waals surface area contributed by atoms with E-state index in [1.165, 1.54) is 0 Å². The molecule has 0 aliphatic rings. The van der Waals surface area contributed by atoms with E-state index in [1.54, 1.807) is 36.4 Å². The molecule has 1 amide bonds. The summed E-state index contributed by atoms with van der Waals surface area (Å²) in [5.41, 5.74) is 0. The van der Waals surface area contributed by atoms with E-state index in [0.29, 0.717) is 5.75 Å². The van der Waals surface area contributed by atoms with Crippen LogP contribution in [0.5, 0.6) is 5.75 Å². The summed E-state index contributed by atoms with van der Waals surface area (Å²) in [6.07, 6.45) is 0. The molecule has 0 heterocycles. The Hall–Kier alpha value is -2.86. The Morgan fingerprint density at radius 2 is 1.58 bits per heavy atom. The fourth-order valence-electron chi connectivity index (χ4n) is 2.53. The third-order valence-corrected chi connectivity index (χ3v) is 5.62. The molecule has 0 aliphatic heterocycles. The second kappa shape index (κ2) is 8.01. The minimum absolute atomic E-state index is 0.0388. The Kier molecular flexibility index (Phi) is 5.53. The number of amides is 1. The van der Waals surface area contributed by atoms with Crippen LogP contribution in [0.2, 0.25) is 0 Å². The standard InChI is InChI=1S/C20H19NO4S/c22-20(21-12-13-26(23,24)19-8-2-1-3-9-19)15-25-18-11-10-16-6-4-5-7-17(16)14-18/h1-11,14H,12-13,15H2,(H,21,22). The molecule has 5 nitrogen and oxygen atoms in total. The normalized spacial score (nSPS) is 11.2. The molecule has 0 bridgehead atoms. The van der Waals surface area contributed by atoms with Gasteiger partial charge in [-0.15, -0.1) is 0 Å². The Balaban J connectivity index is 1.48. The van der Waals surface area contributed by atoms with Crippen LogP contribution in [0.3, 0.4) is 0 Å². The van der Waals surface area contributed by atoms with Crippen LogP contribution in [0.25, 0.3) is 10.8 Å². The van der Waals surface area contributed by atoms with Crippen molar-refractivity contribution in [1.29, 1.82) is 0 Å². The van der Waals surface area contributed by atoms with Crippen LogP contribution in [-0.4, -0.2) is 33.2 Å². The molecule has 0 aromatic heterocycles. The molecule has 0 saturated heterocycles. The van der Waals surface area contributed by atoms with Gasteiger partial charge in [-0.05, 0) is 35.0 Å². The average molecular weight is 369 g/mol. The van der Waals surface area contributed by atoms with Gasteiger partial charge in [-0.3, -0.25) is 4.79 Å². The number of benzene rings is 3. The van der Waals surface area contributed by atoms with Crippen molar-refractivity contribution < 1.29 is 17.9 Å². The molecular weight excluding hydrogens is 350 g/mol. The molecule has 6 heteroatoms. The van der Waals surface area contributed by atoms with Gasteiger partial charge in [0.25, 0.3) is 5.91 Å². The SMILES string of the molecule is O=C(COc1ccc2ccccc2c1)NCCS(=O)(=O)c1ccccc1. The topological polar surface area (TPSA) is 72.5 Å². The maximum atomic E-state index is 12.1. The lowest BCUT2D eigenvalue weighted by Gasteiger charge is -2.09. The molecule has 3 aromatic carbocycles. The lowest BCUT2D eigenvalue weighted by Crippen LogP contribution is -2.32. The summed E-state index contributed by atoms with van der Waals surface area (Å²) in [5, 5.41) is 4.69. The summed E-state index contributed by atoms with van der Waals surface area (Å²) in [5.74, 6) is 0.0795. The summed E-state index contributed by atoms with van der Waals surface area (Å²) < 4.78 is 29.8. The molecule has 0 aliphatic carbocycles. The molecule has 3 rings (SSSR count). The third kappa shape index (κ3) is 4.61. The number of carbonyl (C=O) groups excluding carboxylic acids is 1. The summed E-state index contributed by atoms with van der Waals surface area (Å²) >= 11 is 0. The molecular formula is C20H19NO4S. The number of carbonyl (C=O) groups is 1. The van der Waals surface area contributed by atoms with Gasteiger partial charge in [-0.1, -0.05) is 48.5 Å². The van der Waals surface area contributed by atoms with Crippen LogP contribution in [0, 0.1) is 0 Å². The molecule has 0 saturated carbocycles. The average Bonchev–Trinajstić information content (AvgIpc) is 2.67. The Bertz CT molecular complexity index is 1000. The number of hydrogen-bond donors (Lipinski definition) is 1. The van der Waals surface area contributed by atoms with Gasteiger partial charge in [-0.2, -0.15) is 0 Å². The van der Waals surface area contributed by atoms with Crippen molar-refractivity contribution in [1.82, 2.24) is 5.32 Å². The second-order valence-electron chi connectivity index (χ2n) is 5.78. The van der Waals surface area contributed by atoms with E-state index in [4.69, 9.17) is 4.74 Å². The van der Waals surface area contributed by atoms with Crippen molar-refractivity contribution in [2.75, 3.05) is 18.9 Å². The van der Waals surface area contributed by atoms with E-state index in [1.807, 2.05) is 36.4 Å². The van der Waals surface area contributed by atoms with Crippen LogP contribution >= 0.6 is 0 Å². The van der Waals surface area contributed by atoms with Gasteiger partial charge >= 0.3 is 0 Å². The monoisotopic (exact) mass is 369 g/mol. The van der Waals surface area contributed by atoms with E-state index < -0.39 is 9.84 Å². The van der Waals surface area contributed by atoms with Gasteiger partial charge in [0.05, 0.1) is 10.6 Å². The van der Waals surface area contributed by atoms with Gasteiger partial charge < -0.3 is 10.1 Å². The molecule has 0 fully saturated rings. The van der Waals surface area contributed by atoms with E-state index in [9.17, 15) is 13.2 Å². The van der Waals surface area contributed by atoms with E-state index >= 15 is 0 Å². The van der Waals surface area contributed by atoms with Crippen molar-refractivity contribution in [2.24, 2.45) is 0 Å². The first-order chi connectivity index (χ1) is 12.5. The first-order valence-corrected chi connectivity index (χ1v) is 9.86. The molecule has 134 valence electrons. The predicted octanol–water partition coefficient (Wildman–Crippen LogP) is 2.81. The van der Waals surface area contributed by atoms with Gasteiger partial charge in [-0.25, -0.2) is 8.42 Å². The van der Waals surface area contributed by atoms with Gasteiger partial charge in [0.2, 0.25) is 0 Å². The zero-order valence-corrected chi connectivity index (χ0v) is 14.9. The Labute approximate surface area is 152 Å². The Morgan fingerprint density at radius 3 is 2.35 bits per heavy atom. The maximum Gasteiger partial charge on any atom is 0.257 e. The van der Waals surface area contributed by atoms with Crippen molar-refractivity contribution in [2.45, 2.75) is 4.90 Å². The fourth-order valence-corrected chi connectivity index (χ4v) is 3.71. The van der Waals surface area contributed by atoms with E-state index in [2.05, 4.69) is 5.32 Å². The first-order valence-electron chi connectivity index (χ1n) is 8.21. The van der Waals surface area contributed by atoms with Gasteiger partial charge in [0.1, 0.15) is 5.75 Å². The first kappa shape index (κ1) is 17.9. The molecule has 0 radical (unpaired) electrons. The largest absolute Gasteiger partial charge is 0.484 e. The highest BCUT2D eigenvalue weighted by molar-refractivity contribution is 7.91. The summed E-state index contributed by atoms with van der Waals surface area (Å²) in [6, 6.07) is 21.6. The van der Waals surface area contributed by atoms with Crippen LogP contribution in [0.1, 0.15) is 0 Å². The number of ether oxygens (including phenoxy) is 1. The molecule has 0 spiro atoms. The van der Waals surface area contributed by atoms with Crippen LogP contribution < -0.4 is 10.1 Å². The highest BCUT2D eigenvalue weighted by Gasteiger charge is 2.14. The summed E-state index contributed by atoms with van der Waals surface area (Å²) in [4.78, 5) is 12.1. The summed E-state index contributed by atoms with van der Waals surface area (Å²) in [7, 11) is -3.40.